The number of hydrogen-bond donors (Lipinski definition) is 2. The zero-order valence-electron chi connectivity index (χ0n) is 13.5. The summed E-state index contributed by atoms with van der Waals surface area (Å²) in [7, 11) is 0. The lowest BCUT2D eigenvalue weighted by molar-refractivity contribution is -0.124. The van der Waals surface area contributed by atoms with Crippen molar-refractivity contribution in [2.75, 3.05) is 5.32 Å². The molecule has 1 amide bonds. The molecular weight excluding hydrogens is 316 g/mol. The van der Waals surface area contributed by atoms with Crippen LogP contribution in [0.4, 0.5) is 5.69 Å². The van der Waals surface area contributed by atoms with Crippen LogP contribution in [0.5, 0.6) is 5.75 Å². The molecule has 0 aliphatic heterocycles. The van der Waals surface area contributed by atoms with Gasteiger partial charge in [-0.25, -0.2) is 0 Å². The van der Waals surface area contributed by atoms with Crippen molar-refractivity contribution in [3.05, 3.63) is 90.3 Å². The van der Waals surface area contributed by atoms with Gasteiger partial charge in [-0.15, -0.1) is 0 Å². The summed E-state index contributed by atoms with van der Waals surface area (Å²) in [4.78, 5) is 16.4. The van der Waals surface area contributed by atoms with E-state index < -0.39 is 12.0 Å². The summed E-state index contributed by atoms with van der Waals surface area (Å²) in [6.45, 7) is 0.338. The summed E-state index contributed by atoms with van der Waals surface area (Å²) in [5, 5.41) is 12.8. The minimum atomic E-state index is -1.22. The number of aromatic nitrogens is 1. The van der Waals surface area contributed by atoms with E-state index in [1.165, 1.54) is 0 Å². The number of ether oxygens (including phenoxy) is 1. The van der Waals surface area contributed by atoms with Gasteiger partial charge in [-0.1, -0.05) is 42.5 Å². The van der Waals surface area contributed by atoms with Crippen LogP contribution in [0.2, 0.25) is 0 Å². The first-order valence-corrected chi connectivity index (χ1v) is 7.89. The van der Waals surface area contributed by atoms with E-state index in [9.17, 15) is 9.90 Å². The first-order valence-electron chi connectivity index (χ1n) is 7.89. The zero-order valence-corrected chi connectivity index (χ0v) is 13.5. The number of carbonyl (C=O) groups is 1. The molecule has 0 fully saturated rings. The molecule has 2 N–H and O–H groups in total. The molecule has 0 aliphatic carbocycles. The third-order valence-electron chi connectivity index (χ3n) is 3.58. The van der Waals surface area contributed by atoms with Gasteiger partial charge in [-0.3, -0.25) is 9.78 Å². The third-order valence-corrected chi connectivity index (χ3v) is 3.58. The number of carbonyl (C=O) groups excluding carboxylic acids is 1. The first kappa shape index (κ1) is 16.7. The van der Waals surface area contributed by atoms with Crippen LogP contribution in [0.25, 0.3) is 0 Å². The monoisotopic (exact) mass is 334 g/mol. The zero-order chi connectivity index (χ0) is 17.5. The van der Waals surface area contributed by atoms with Crippen LogP contribution in [-0.4, -0.2) is 16.0 Å². The maximum Gasteiger partial charge on any atom is 0.257 e. The molecule has 5 heteroatoms. The summed E-state index contributed by atoms with van der Waals surface area (Å²) < 4.78 is 5.68. The van der Waals surface area contributed by atoms with Crippen LogP contribution < -0.4 is 10.1 Å². The van der Waals surface area contributed by atoms with Gasteiger partial charge < -0.3 is 15.2 Å². The van der Waals surface area contributed by atoms with Gasteiger partial charge in [0.2, 0.25) is 0 Å². The van der Waals surface area contributed by atoms with E-state index in [0.29, 0.717) is 23.6 Å². The molecule has 0 saturated heterocycles. The number of aliphatic hydroxyl groups excluding tert-OH is 1. The Morgan fingerprint density at radius 1 is 1.04 bits per heavy atom. The SMILES string of the molecule is O=C(Nc1cccc(OCc2ccccn2)c1)[C@@H](O)c1ccccc1. The number of benzene rings is 2. The number of nitrogens with one attached hydrogen (secondary N) is 1. The van der Waals surface area contributed by atoms with Gasteiger partial charge in [0.05, 0.1) is 5.69 Å². The number of nitrogens with zero attached hydrogens (tertiary/aromatic N) is 1. The molecule has 3 rings (SSSR count). The van der Waals surface area contributed by atoms with Crippen LogP contribution >= 0.6 is 0 Å². The summed E-state index contributed by atoms with van der Waals surface area (Å²) in [5.74, 6) is 0.116. The molecule has 126 valence electrons. The van der Waals surface area contributed by atoms with Gasteiger partial charge in [0.25, 0.3) is 5.91 Å². The Balaban J connectivity index is 1.62. The Labute approximate surface area is 145 Å². The standard InChI is InChI=1S/C20H18N2O3/c23-19(15-7-2-1-3-8-15)20(24)22-16-10-6-11-18(13-16)25-14-17-9-4-5-12-21-17/h1-13,19,23H,14H2,(H,22,24)/t19-/m0/s1. The largest absolute Gasteiger partial charge is 0.487 e. The summed E-state index contributed by atoms with van der Waals surface area (Å²) in [6.07, 6.45) is 0.486. The van der Waals surface area contributed by atoms with Gasteiger partial charge in [-0.2, -0.15) is 0 Å². The molecule has 0 saturated carbocycles. The molecular formula is C20H18N2O3. The molecule has 2 aromatic carbocycles. The summed E-state index contributed by atoms with van der Waals surface area (Å²) in [6, 6.07) is 21.4. The number of anilines is 1. The second kappa shape index (κ2) is 8.08. The molecule has 0 spiro atoms. The third kappa shape index (κ3) is 4.65. The summed E-state index contributed by atoms with van der Waals surface area (Å²) >= 11 is 0. The molecule has 5 nitrogen and oxygen atoms in total. The quantitative estimate of drug-likeness (QED) is 0.725. The smallest absolute Gasteiger partial charge is 0.257 e. The van der Waals surface area contributed by atoms with E-state index in [4.69, 9.17) is 4.74 Å². The van der Waals surface area contributed by atoms with E-state index in [0.717, 1.165) is 5.69 Å². The van der Waals surface area contributed by atoms with Crippen LogP contribution in [0, 0.1) is 0 Å². The molecule has 1 atom stereocenters. The lowest BCUT2D eigenvalue weighted by Crippen LogP contribution is -2.20. The highest BCUT2D eigenvalue weighted by Crippen LogP contribution is 2.20. The molecule has 0 aliphatic rings. The second-order valence-electron chi connectivity index (χ2n) is 5.44. The fourth-order valence-electron chi connectivity index (χ4n) is 2.30. The molecule has 3 aromatic rings. The minimum absolute atomic E-state index is 0.338. The molecule has 1 aromatic heterocycles. The van der Waals surface area contributed by atoms with E-state index in [-0.39, 0.29) is 0 Å². The van der Waals surface area contributed by atoms with Crippen molar-refractivity contribution >= 4 is 11.6 Å². The van der Waals surface area contributed by atoms with Crippen molar-refractivity contribution < 1.29 is 14.6 Å². The number of hydrogen-bond acceptors (Lipinski definition) is 4. The highest BCUT2D eigenvalue weighted by molar-refractivity contribution is 5.94. The van der Waals surface area contributed by atoms with Crippen molar-refractivity contribution in [1.82, 2.24) is 4.98 Å². The van der Waals surface area contributed by atoms with Gasteiger partial charge in [-0.05, 0) is 29.8 Å². The molecule has 0 radical (unpaired) electrons. The number of aliphatic hydroxyl groups is 1. The topological polar surface area (TPSA) is 71.5 Å². The molecule has 1 heterocycles. The first-order chi connectivity index (χ1) is 12.2. The predicted octanol–water partition coefficient (Wildman–Crippen LogP) is 3.33. The normalized spacial score (nSPS) is 11.6. The Bertz CT molecular complexity index is 823. The summed E-state index contributed by atoms with van der Waals surface area (Å²) in [5.41, 5.74) is 1.91. The van der Waals surface area contributed by atoms with Gasteiger partial charge >= 0.3 is 0 Å². The highest BCUT2D eigenvalue weighted by Gasteiger charge is 2.17. The van der Waals surface area contributed by atoms with Crippen molar-refractivity contribution in [3.63, 3.8) is 0 Å². The average Bonchev–Trinajstić information content (AvgIpc) is 2.67. The Kier molecular flexibility index (Phi) is 5.39. The fourth-order valence-corrected chi connectivity index (χ4v) is 2.30. The fraction of sp³-hybridized carbons (Fsp3) is 0.100. The van der Waals surface area contributed by atoms with E-state index in [1.54, 1.807) is 54.7 Å². The lowest BCUT2D eigenvalue weighted by Gasteiger charge is -2.13. The van der Waals surface area contributed by atoms with Crippen molar-refractivity contribution in [2.45, 2.75) is 12.7 Å². The van der Waals surface area contributed by atoms with Gasteiger partial charge in [0.15, 0.2) is 6.10 Å². The maximum atomic E-state index is 12.2. The number of pyridine rings is 1. The average molecular weight is 334 g/mol. The molecule has 0 unspecified atom stereocenters. The van der Waals surface area contributed by atoms with Crippen LogP contribution in [0.1, 0.15) is 17.4 Å². The van der Waals surface area contributed by atoms with Crippen molar-refractivity contribution in [3.8, 4) is 5.75 Å². The molecule has 0 bridgehead atoms. The second-order valence-corrected chi connectivity index (χ2v) is 5.44. The minimum Gasteiger partial charge on any atom is -0.487 e. The Hall–Kier alpha value is -3.18. The molecule has 25 heavy (non-hydrogen) atoms. The highest BCUT2D eigenvalue weighted by atomic mass is 16.5. The van der Waals surface area contributed by atoms with E-state index in [2.05, 4.69) is 10.3 Å². The van der Waals surface area contributed by atoms with Crippen molar-refractivity contribution in [2.24, 2.45) is 0 Å². The van der Waals surface area contributed by atoms with E-state index in [1.807, 2.05) is 24.3 Å². The Morgan fingerprint density at radius 2 is 1.84 bits per heavy atom. The van der Waals surface area contributed by atoms with Crippen LogP contribution in [0.15, 0.2) is 79.0 Å². The maximum absolute atomic E-state index is 12.2. The van der Waals surface area contributed by atoms with E-state index >= 15 is 0 Å². The van der Waals surface area contributed by atoms with Crippen LogP contribution in [-0.2, 0) is 11.4 Å². The van der Waals surface area contributed by atoms with Crippen LogP contribution in [0.3, 0.4) is 0 Å². The Morgan fingerprint density at radius 3 is 2.60 bits per heavy atom. The lowest BCUT2D eigenvalue weighted by atomic mass is 10.1. The van der Waals surface area contributed by atoms with Crippen molar-refractivity contribution in [1.29, 1.82) is 0 Å². The number of amides is 1. The predicted molar refractivity (Wildman–Crippen MR) is 95.0 cm³/mol. The van der Waals surface area contributed by atoms with Gasteiger partial charge in [0, 0.05) is 18.0 Å². The van der Waals surface area contributed by atoms with Gasteiger partial charge in [0.1, 0.15) is 12.4 Å². The number of rotatable bonds is 6.